The number of aliphatic hydroxyl groups excluding tert-OH is 2. The van der Waals surface area contributed by atoms with Gasteiger partial charge in [-0.1, -0.05) is 77.0 Å². The maximum absolute atomic E-state index is 11.8. The van der Waals surface area contributed by atoms with E-state index in [0.29, 0.717) is 62.9 Å². The van der Waals surface area contributed by atoms with Crippen molar-refractivity contribution in [2.75, 3.05) is 26.4 Å². The fraction of sp³-hybridized carbons (Fsp3) is 0.789. The molecule has 0 spiro atoms. The zero-order chi connectivity index (χ0) is 34.9. The minimum Gasteiger partial charge on any atom is -0.393 e. The molecular weight excluding hydrogens is 646 g/mol. The van der Waals surface area contributed by atoms with Crippen molar-refractivity contribution in [1.82, 2.24) is 0 Å². The van der Waals surface area contributed by atoms with E-state index in [1.54, 1.807) is 0 Å². The summed E-state index contributed by atoms with van der Waals surface area (Å²) in [6.45, 7) is 14.7. The van der Waals surface area contributed by atoms with Crippen molar-refractivity contribution in [3.8, 4) is 0 Å². The van der Waals surface area contributed by atoms with Crippen molar-refractivity contribution in [2.24, 2.45) is 29.1 Å². The first-order chi connectivity index (χ1) is 23.1. The fourth-order valence-corrected chi connectivity index (χ4v) is 9.48. The molecule has 0 bridgehead atoms. The van der Waals surface area contributed by atoms with Gasteiger partial charge in [0, 0.05) is 15.6 Å². The van der Waals surface area contributed by atoms with Crippen molar-refractivity contribution in [1.29, 1.82) is 0 Å². The molecule has 0 aromatic rings. The minimum absolute atomic E-state index is 0.256. The molecule has 0 aromatic carbocycles. The van der Waals surface area contributed by atoms with Gasteiger partial charge in [0.25, 0.3) is 0 Å². The Balaban J connectivity index is 1.59. The van der Waals surface area contributed by atoms with E-state index in [9.17, 15) is 19.3 Å². The second kappa shape index (κ2) is 22.0. The number of unbranched alkanes of at least 4 members (excludes halogenated alkanes) is 2. The Hall–Kier alpha value is -1.08. The van der Waals surface area contributed by atoms with Crippen molar-refractivity contribution in [3.05, 3.63) is 47.6 Å². The van der Waals surface area contributed by atoms with Gasteiger partial charge >= 0.3 is 16.5 Å². The van der Waals surface area contributed by atoms with Crippen molar-refractivity contribution >= 4 is 16.5 Å². The van der Waals surface area contributed by atoms with E-state index in [1.165, 1.54) is 31.3 Å². The Labute approximate surface area is 292 Å². The SMILES string of the molecule is C=C1/C(=C\C=C2/CCC[C@@]3(C)C2CC[C@@H]3[C@H](C)/C=C/C(CCCCO[P+](=O)OCCC)CCCCO[P+](=O)OCCC)C[C@@H](O)C[C@@H]1O. The van der Waals surface area contributed by atoms with E-state index in [2.05, 4.69) is 44.7 Å². The third-order valence-electron chi connectivity index (χ3n) is 10.8. The smallest absolute Gasteiger partial charge is 0.393 e. The molecule has 10 heteroatoms. The first-order valence-corrected chi connectivity index (χ1v) is 20.9. The number of hydrogen-bond donors (Lipinski definition) is 2. The van der Waals surface area contributed by atoms with Gasteiger partial charge in [0.05, 0.1) is 12.2 Å². The molecule has 3 unspecified atom stereocenters. The van der Waals surface area contributed by atoms with Gasteiger partial charge in [-0.3, -0.25) is 0 Å². The van der Waals surface area contributed by atoms with Gasteiger partial charge in [-0.15, -0.1) is 18.1 Å². The molecule has 3 aliphatic rings. The summed E-state index contributed by atoms with van der Waals surface area (Å²) in [5.41, 5.74) is 3.50. The normalized spacial score (nSPS) is 29.8. The Bertz CT molecular complexity index is 1090. The van der Waals surface area contributed by atoms with Gasteiger partial charge in [0.15, 0.2) is 0 Å². The van der Waals surface area contributed by atoms with Gasteiger partial charge in [-0.05, 0) is 117 Å². The van der Waals surface area contributed by atoms with E-state index in [0.717, 1.165) is 68.9 Å². The highest BCUT2D eigenvalue weighted by Crippen LogP contribution is 2.59. The average Bonchev–Trinajstić information content (AvgIpc) is 3.42. The lowest BCUT2D eigenvalue weighted by Crippen LogP contribution is -2.35. The summed E-state index contributed by atoms with van der Waals surface area (Å²) in [4.78, 5) is 0. The van der Waals surface area contributed by atoms with E-state index < -0.39 is 28.7 Å². The Morgan fingerprint density at radius 1 is 0.896 bits per heavy atom. The van der Waals surface area contributed by atoms with Crippen LogP contribution in [-0.2, 0) is 27.2 Å². The van der Waals surface area contributed by atoms with Crippen LogP contribution in [0.3, 0.4) is 0 Å². The molecule has 2 N–H and O–H groups in total. The van der Waals surface area contributed by atoms with Crippen LogP contribution in [0.1, 0.15) is 124 Å². The summed E-state index contributed by atoms with van der Waals surface area (Å²) in [6, 6.07) is 0. The Morgan fingerprint density at radius 2 is 1.50 bits per heavy atom. The second-order valence-corrected chi connectivity index (χ2v) is 16.4. The first kappa shape index (κ1) is 41.3. The van der Waals surface area contributed by atoms with Crippen LogP contribution in [0.2, 0.25) is 0 Å². The largest absolute Gasteiger partial charge is 0.697 e. The lowest BCUT2D eigenvalue weighted by molar-refractivity contribution is 0.0862. The zero-order valence-electron chi connectivity index (χ0n) is 30.2. The summed E-state index contributed by atoms with van der Waals surface area (Å²) in [6.07, 6.45) is 22.4. The third-order valence-corrected chi connectivity index (χ3v) is 12.3. The van der Waals surface area contributed by atoms with Crippen LogP contribution in [0.5, 0.6) is 0 Å². The van der Waals surface area contributed by atoms with E-state index in [4.69, 9.17) is 18.1 Å². The first-order valence-electron chi connectivity index (χ1n) is 18.7. The molecule has 3 aliphatic carbocycles. The Kier molecular flexibility index (Phi) is 18.9. The molecule has 3 saturated carbocycles. The average molecular weight is 711 g/mol. The van der Waals surface area contributed by atoms with Crippen molar-refractivity contribution in [3.63, 3.8) is 0 Å². The van der Waals surface area contributed by atoms with E-state index in [1.807, 2.05) is 13.8 Å². The highest BCUT2D eigenvalue weighted by Gasteiger charge is 2.50. The van der Waals surface area contributed by atoms with E-state index in [-0.39, 0.29) is 5.41 Å². The molecule has 3 rings (SSSR count). The van der Waals surface area contributed by atoms with Gasteiger partial charge < -0.3 is 10.2 Å². The quantitative estimate of drug-likeness (QED) is 0.0649. The van der Waals surface area contributed by atoms with Crippen LogP contribution in [0.25, 0.3) is 0 Å². The molecular formula is C38H64O8P2+2. The summed E-state index contributed by atoms with van der Waals surface area (Å²) < 4.78 is 44.7. The second-order valence-electron chi connectivity index (χ2n) is 14.4. The summed E-state index contributed by atoms with van der Waals surface area (Å²) in [5, 5.41) is 20.5. The lowest BCUT2D eigenvalue weighted by atomic mass is 9.61. The van der Waals surface area contributed by atoms with E-state index >= 15 is 0 Å². The highest BCUT2D eigenvalue weighted by molar-refractivity contribution is 7.33. The number of rotatable bonds is 22. The monoisotopic (exact) mass is 710 g/mol. The van der Waals surface area contributed by atoms with Crippen LogP contribution in [0, 0.1) is 29.1 Å². The molecule has 0 radical (unpaired) electrons. The molecule has 3 fully saturated rings. The predicted octanol–water partition coefficient (Wildman–Crippen LogP) is 10.5. The molecule has 48 heavy (non-hydrogen) atoms. The topological polar surface area (TPSA) is 112 Å². The summed E-state index contributed by atoms with van der Waals surface area (Å²) in [5.74, 6) is 2.07. The van der Waals surface area contributed by atoms with Gasteiger partial charge in [0.1, 0.15) is 26.4 Å². The number of aliphatic hydroxyl groups is 2. The minimum atomic E-state index is -2.03. The molecule has 8 atom stereocenters. The molecule has 0 aliphatic heterocycles. The number of fused-ring (bicyclic) bond motifs is 1. The van der Waals surface area contributed by atoms with Crippen LogP contribution >= 0.6 is 16.5 Å². The molecule has 0 saturated heterocycles. The molecule has 0 amide bonds. The van der Waals surface area contributed by atoms with Gasteiger partial charge in [0.2, 0.25) is 0 Å². The molecule has 272 valence electrons. The number of hydrogen-bond acceptors (Lipinski definition) is 8. The van der Waals surface area contributed by atoms with Crippen LogP contribution in [0.15, 0.2) is 47.6 Å². The van der Waals surface area contributed by atoms with Gasteiger partial charge in [-0.2, -0.15) is 0 Å². The van der Waals surface area contributed by atoms with Crippen molar-refractivity contribution < 1.29 is 37.4 Å². The zero-order valence-corrected chi connectivity index (χ0v) is 31.9. The standard InChI is InChI=1S/C38H64O8P2/c1-6-23-43-47(41)45-25-10-8-13-31(14-9-11-26-46-48(42)44-24-7-2)17-16-29(3)35-20-21-36-32(15-12-22-38(35,36)5)18-19-33-27-34(39)28-37(40)30(33)4/h16-19,29,31,34-37,39-40H,4,6-15,20-28H2,1-3,5H3/q+2/b17-16+,32-18+,33-19-/t29-,34-,35-,36?,37+,38-/m1/s1. The predicted molar refractivity (Wildman–Crippen MR) is 194 cm³/mol. The summed E-state index contributed by atoms with van der Waals surface area (Å²) >= 11 is 0. The van der Waals surface area contributed by atoms with Gasteiger partial charge in [-0.25, -0.2) is 0 Å². The van der Waals surface area contributed by atoms with Crippen LogP contribution in [-0.4, -0.2) is 48.8 Å². The maximum Gasteiger partial charge on any atom is 0.697 e. The maximum atomic E-state index is 11.8. The third kappa shape index (κ3) is 13.2. The lowest BCUT2D eigenvalue weighted by Gasteiger charge is -2.44. The highest BCUT2D eigenvalue weighted by atomic mass is 31.1. The Morgan fingerprint density at radius 3 is 2.10 bits per heavy atom. The molecule has 0 aromatic heterocycles. The summed E-state index contributed by atoms with van der Waals surface area (Å²) in [7, 11) is -4.06. The van der Waals surface area contributed by atoms with Crippen molar-refractivity contribution in [2.45, 2.75) is 136 Å². The van der Waals surface area contributed by atoms with Crippen LogP contribution in [0.4, 0.5) is 0 Å². The number of allylic oxidation sites excluding steroid dienone is 5. The molecule has 0 heterocycles. The van der Waals surface area contributed by atoms with Crippen LogP contribution < -0.4 is 0 Å². The fourth-order valence-electron chi connectivity index (χ4n) is 8.11. The molecule has 8 nitrogen and oxygen atoms in total.